The van der Waals surface area contributed by atoms with Gasteiger partial charge in [0.2, 0.25) is 5.90 Å². The van der Waals surface area contributed by atoms with E-state index in [0.717, 1.165) is 25.8 Å². The second kappa shape index (κ2) is 6.68. The summed E-state index contributed by atoms with van der Waals surface area (Å²) in [5.41, 5.74) is 1.81. The number of aliphatic imine (C=N–C) groups is 1. The normalized spacial score (nSPS) is 15.5. The molecule has 0 atom stereocenters. The Kier molecular flexibility index (Phi) is 4.63. The molecule has 2 aromatic rings. The summed E-state index contributed by atoms with van der Waals surface area (Å²) in [4.78, 5) is 16.3. The van der Waals surface area contributed by atoms with Crippen LogP contribution in [0.1, 0.15) is 11.1 Å². The monoisotopic (exact) mass is 435 g/mol. The van der Waals surface area contributed by atoms with E-state index in [1.54, 1.807) is 13.2 Å². The third-order valence-corrected chi connectivity index (χ3v) is 4.52. The van der Waals surface area contributed by atoms with E-state index in [0.29, 0.717) is 5.90 Å². The van der Waals surface area contributed by atoms with E-state index in [1.807, 2.05) is 42.5 Å². The first-order valence-corrected chi connectivity index (χ1v) is 8.28. The predicted molar refractivity (Wildman–Crippen MR) is 95.4 cm³/mol. The third kappa shape index (κ3) is 3.38. The van der Waals surface area contributed by atoms with Crippen LogP contribution in [0.2, 0.25) is 0 Å². The van der Waals surface area contributed by atoms with E-state index < -0.39 is 5.97 Å². The lowest BCUT2D eigenvalue weighted by molar-refractivity contribution is -0.129. The summed E-state index contributed by atoms with van der Waals surface area (Å²) in [5.74, 6) is 0.544. The first-order valence-electron chi connectivity index (χ1n) is 6.69. The van der Waals surface area contributed by atoms with E-state index in [9.17, 15) is 4.79 Å². The Morgan fingerprint density at radius 1 is 1.13 bits per heavy atom. The highest BCUT2D eigenvalue weighted by molar-refractivity contribution is 9.10. The average molecular weight is 437 g/mol. The maximum atomic E-state index is 12.0. The third-order valence-electron chi connectivity index (χ3n) is 3.20. The molecule has 2 aromatic carbocycles. The van der Waals surface area contributed by atoms with Gasteiger partial charge in [-0.05, 0) is 67.8 Å². The Morgan fingerprint density at radius 3 is 2.61 bits per heavy atom. The average Bonchev–Trinajstić information content (AvgIpc) is 2.89. The molecule has 1 aliphatic rings. The molecular formula is C17H11Br2NO3. The standard InChI is InChI=1S/C17H11Br2NO3/c1-22-15-7-6-10(8-13(15)19)9-14-17(21)23-16(20-14)11-4-2-3-5-12(11)18/h2-9H,1H3. The quantitative estimate of drug-likeness (QED) is 0.523. The zero-order valence-electron chi connectivity index (χ0n) is 12.0. The van der Waals surface area contributed by atoms with Crippen LogP contribution in [0.15, 0.2) is 62.1 Å². The molecule has 116 valence electrons. The van der Waals surface area contributed by atoms with Crippen molar-refractivity contribution < 1.29 is 14.3 Å². The number of rotatable bonds is 3. The van der Waals surface area contributed by atoms with Crippen molar-refractivity contribution in [1.29, 1.82) is 0 Å². The molecule has 0 unspecified atom stereocenters. The lowest BCUT2D eigenvalue weighted by Gasteiger charge is -2.03. The maximum Gasteiger partial charge on any atom is 0.363 e. The highest BCUT2D eigenvalue weighted by Crippen LogP contribution is 2.28. The van der Waals surface area contributed by atoms with Gasteiger partial charge in [0, 0.05) is 4.47 Å². The molecule has 23 heavy (non-hydrogen) atoms. The maximum absolute atomic E-state index is 12.0. The summed E-state index contributed by atoms with van der Waals surface area (Å²) >= 11 is 6.84. The predicted octanol–water partition coefficient (Wildman–Crippen LogP) is 4.56. The van der Waals surface area contributed by atoms with Gasteiger partial charge in [0.25, 0.3) is 0 Å². The fourth-order valence-electron chi connectivity index (χ4n) is 2.09. The van der Waals surface area contributed by atoms with Crippen molar-refractivity contribution in [3.05, 3.63) is 68.2 Å². The van der Waals surface area contributed by atoms with E-state index in [1.165, 1.54) is 0 Å². The molecule has 1 heterocycles. The first kappa shape index (κ1) is 16.0. The highest BCUT2D eigenvalue weighted by Gasteiger charge is 2.25. The van der Waals surface area contributed by atoms with Crippen LogP contribution in [0.3, 0.4) is 0 Å². The second-order valence-corrected chi connectivity index (χ2v) is 6.42. The number of nitrogens with zero attached hydrogens (tertiary/aromatic N) is 1. The molecule has 4 nitrogen and oxygen atoms in total. The van der Waals surface area contributed by atoms with Crippen LogP contribution in [0.5, 0.6) is 5.75 Å². The number of methoxy groups -OCH3 is 1. The van der Waals surface area contributed by atoms with E-state index >= 15 is 0 Å². The van der Waals surface area contributed by atoms with Crippen LogP contribution in [-0.4, -0.2) is 19.0 Å². The molecule has 0 spiro atoms. The Bertz CT molecular complexity index is 843. The Labute approximate surface area is 150 Å². The SMILES string of the molecule is COc1ccc(C=C2N=C(c3ccccc3Br)OC2=O)cc1Br. The molecule has 0 fully saturated rings. The van der Waals surface area contributed by atoms with Gasteiger partial charge in [0.05, 0.1) is 17.1 Å². The minimum absolute atomic E-state index is 0.257. The fraction of sp³-hybridized carbons (Fsp3) is 0.0588. The van der Waals surface area contributed by atoms with Gasteiger partial charge in [0.1, 0.15) is 5.75 Å². The molecular weight excluding hydrogens is 426 g/mol. The summed E-state index contributed by atoms with van der Waals surface area (Å²) in [5, 5.41) is 0. The van der Waals surface area contributed by atoms with Crippen LogP contribution < -0.4 is 4.74 Å². The van der Waals surface area contributed by atoms with Gasteiger partial charge >= 0.3 is 5.97 Å². The number of cyclic esters (lactones) is 1. The molecule has 0 amide bonds. The van der Waals surface area contributed by atoms with Crippen molar-refractivity contribution in [2.24, 2.45) is 4.99 Å². The van der Waals surface area contributed by atoms with Crippen molar-refractivity contribution >= 4 is 49.8 Å². The number of hydrogen-bond acceptors (Lipinski definition) is 4. The van der Waals surface area contributed by atoms with Crippen LogP contribution in [-0.2, 0) is 9.53 Å². The molecule has 0 aliphatic carbocycles. The largest absolute Gasteiger partial charge is 0.496 e. The van der Waals surface area contributed by atoms with Gasteiger partial charge in [-0.2, -0.15) is 0 Å². The Balaban J connectivity index is 1.95. The minimum Gasteiger partial charge on any atom is -0.496 e. The Morgan fingerprint density at radius 2 is 1.91 bits per heavy atom. The number of benzene rings is 2. The first-order chi connectivity index (χ1) is 11.1. The molecule has 0 saturated carbocycles. The molecule has 0 aromatic heterocycles. The van der Waals surface area contributed by atoms with Crippen LogP contribution in [0, 0.1) is 0 Å². The van der Waals surface area contributed by atoms with Crippen LogP contribution in [0.4, 0.5) is 0 Å². The molecule has 6 heteroatoms. The Hall–Kier alpha value is -1.92. The minimum atomic E-state index is -0.470. The summed E-state index contributed by atoms with van der Waals surface area (Å²) < 4.78 is 12.1. The second-order valence-electron chi connectivity index (χ2n) is 4.71. The van der Waals surface area contributed by atoms with Crippen LogP contribution >= 0.6 is 31.9 Å². The number of hydrogen-bond donors (Lipinski definition) is 0. The number of carbonyl (C=O) groups is 1. The van der Waals surface area contributed by atoms with Crippen molar-refractivity contribution in [3.63, 3.8) is 0 Å². The lowest BCUT2D eigenvalue weighted by Crippen LogP contribution is -2.05. The van der Waals surface area contributed by atoms with Crippen molar-refractivity contribution in [3.8, 4) is 5.75 Å². The van der Waals surface area contributed by atoms with Gasteiger partial charge in [-0.3, -0.25) is 0 Å². The summed E-state index contributed by atoms with van der Waals surface area (Å²) in [6.45, 7) is 0. The van der Waals surface area contributed by atoms with E-state index in [2.05, 4.69) is 36.9 Å². The number of halogens is 2. The zero-order chi connectivity index (χ0) is 16.4. The molecule has 3 rings (SSSR count). The van der Waals surface area contributed by atoms with Gasteiger partial charge in [-0.25, -0.2) is 9.79 Å². The summed E-state index contributed by atoms with van der Waals surface area (Å²) in [6, 6.07) is 13.0. The topological polar surface area (TPSA) is 47.9 Å². The van der Waals surface area contributed by atoms with E-state index in [4.69, 9.17) is 9.47 Å². The highest BCUT2D eigenvalue weighted by atomic mass is 79.9. The zero-order valence-corrected chi connectivity index (χ0v) is 15.2. The van der Waals surface area contributed by atoms with Crippen molar-refractivity contribution in [1.82, 2.24) is 0 Å². The van der Waals surface area contributed by atoms with E-state index in [-0.39, 0.29) is 5.70 Å². The number of ether oxygens (including phenoxy) is 2. The number of carbonyl (C=O) groups excluding carboxylic acids is 1. The summed E-state index contributed by atoms with van der Waals surface area (Å²) in [6.07, 6.45) is 1.68. The van der Waals surface area contributed by atoms with Crippen molar-refractivity contribution in [2.75, 3.05) is 7.11 Å². The molecule has 0 bridgehead atoms. The van der Waals surface area contributed by atoms with Gasteiger partial charge < -0.3 is 9.47 Å². The summed E-state index contributed by atoms with van der Waals surface area (Å²) in [7, 11) is 1.60. The molecule has 0 radical (unpaired) electrons. The lowest BCUT2D eigenvalue weighted by atomic mass is 10.2. The van der Waals surface area contributed by atoms with Gasteiger partial charge in [-0.1, -0.05) is 18.2 Å². The molecule has 0 N–H and O–H groups in total. The van der Waals surface area contributed by atoms with Crippen molar-refractivity contribution in [2.45, 2.75) is 0 Å². The van der Waals surface area contributed by atoms with Gasteiger partial charge in [0.15, 0.2) is 5.70 Å². The van der Waals surface area contributed by atoms with Crippen LogP contribution in [0.25, 0.3) is 6.08 Å². The molecule has 1 aliphatic heterocycles. The number of esters is 1. The van der Waals surface area contributed by atoms with Gasteiger partial charge in [-0.15, -0.1) is 0 Å². The fourth-order valence-corrected chi connectivity index (χ4v) is 3.10. The molecule has 0 saturated heterocycles. The smallest absolute Gasteiger partial charge is 0.363 e.